The largest absolute Gasteiger partial charge is 0.482 e. The molecule has 5 nitrogen and oxygen atoms in total. The Labute approximate surface area is 222 Å². The second kappa shape index (κ2) is 9.57. The quantitative estimate of drug-likeness (QED) is 0.240. The molecule has 0 aromatic heterocycles. The van der Waals surface area contributed by atoms with E-state index in [0.717, 1.165) is 41.5 Å². The third-order valence-electron chi connectivity index (χ3n) is 7.33. The summed E-state index contributed by atoms with van der Waals surface area (Å²) >= 11 is 0. The van der Waals surface area contributed by atoms with Crippen LogP contribution in [0.4, 0.5) is 4.39 Å². The van der Waals surface area contributed by atoms with Crippen LogP contribution >= 0.6 is 0 Å². The highest BCUT2D eigenvalue weighted by molar-refractivity contribution is 6.01. The molecule has 0 N–H and O–H groups in total. The van der Waals surface area contributed by atoms with E-state index in [4.69, 9.17) is 14.2 Å². The molecule has 3 aromatic carbocycles. The first-order valence-corrected chi connectivity index (χ1v) is 13.2. The van der Waals surface area contributed by atoms with Crippen molar-refractivity contribution in [1.29, 1.82) is 0 Å². The van der Waals surface area contributed by atoms with E-state index >= 15 is 0 Å². The average molecular weight is 517 g/mol. The zero-order valence-corrected chi connectivity index (χ0v) is 22.6. The molecule has 0 saturated carbocycles. The Bertz CT molecular complexity index is 1420. The van der Waals surface area contributed by atoms with Crippen LogP contribution in [0, 0.1) is 12.7 Å². The minimum absolute atomic E-state index is 0.217. The van der Waals surface area contributed by atoms with Gasteiger partial charge in [0.15, 0.2) is 5.75 Å². The van der Waals surface area contributed by atoms with Crippen molar-refractivity contribution in [3.05, 3.63) is 82.2 Å². The lowest BCUT2D eigenvalue weighted by Crippen LogP contribution is -2.44. The van der Waals surface area contributed by atoms with Crippen molar-refractivity contribution in [2.24, 2.45) is 0 Å². The molecule has 5 rings (SSSR count). The molecule has 0 amide bonds. The normalized spacial score (nSPS) is 18.8. The number of rotatable bonds is 7. The molecule has 2 aliphatic rings. The number of fused-ring (bicyclic) bond motifs is 5. The molecule has 0 saturated heterocycles. The number of halogens is 1. The van der Waals surface area contributed by atoms with Gasteiger partial charge < -0.3 is 14.2 Å². The number of esters is 1. The summed E-state index contributed by atoms with van der Waals surface area (Å²) in [5, 5.41) is 0. The van der Waals surface area contributed by atoms with Crippen molar-refractivity contribution < 1.29 is 28.2 Å². The topological polar surface area (TPSA) is 61.8 Å². The second-order valence-electron chi connectivity index (χ2n) is 10.9. The van der Waals surface area contributed by atoms with Crippen LogP contribution in [0.2, 0.25) is 0 Å². The van der Waals surface area contributed by atoms with Gasteiger partial charge in [-0.15, -0.1) is 0 Å². The molecule has 1 atom stereocenters. The first kappa shape index (κ1) is 26.0. The van der Waals surface area contributed by atoms with Gasteiger partial charge in [0.1, 0.15) is 28.5 Å². The zero-order chi connectivity index (χ0) is 27.2. The average Bonchev–Trinajstić information content (AvgIpc) is 2.83. The fraction of sp³-hybridized carbons (Fsp3) is 0.375. The third-order valence-corrected chi connectivity index (χ3v) is 7.33. The lowest BCUT2D eigenvalue weighted by atomic mass is 9.82. The Kier molecular flexibility index (Phi) is 6.54. The van der Waals surface area contributed by atoms with Gasteiger partial charge in [0.05, 0.1) is 12.0 Å². The Balaban J connectivity index is 1.79. The van der Waals surface area contributed by atoms with Gasteiger partial charge in [0, 0.05) is 11.1 Å². The number of carbonyl (C=O) groups is 2. The van der Waals surface area contributed by atoms with Crippen LogP contribution < -0.4 is 9.47 Å². The molecule has 0 radical (unpaired) electrons. The van der Waals surface area contributed by atoms with Crippen molar-refractivity contribution >= 4 is 11.8 Å². The molecular formula is C32H33FO5. The zero-order valence-electron chi connectivity index (χ0n) is 22.6. The molecule has 198 valence electrons. The predicted octanol–water partition coefficient (Wildman–Crippen LogP) is 7.54. The van der Waals surface area contributed by atoms with Crippen LogP contribution in [0.5, 0.6) is 11.5 Å². The predicted molar refractivity (Wildman–Crippen MR) is 143 cm³/mol. The number of ether oxygens (including phenoxy) is 3. The van der Waals surface area contributed by atoms with Crippen molar-refractivity contribution in [2.45, 2.75) is 78.1 Å². The number of hydrogen-bond donors (Lipinski definition) is 0. The highest BCUT2D eigenvalue weighted by atomic mass is 19.1. The third kappa shape index (κ3) is 4.46. The van der Waals surface area contributed by atoms with Gasteiger partial charge in [0.2, 0.25) is 0 Å². The van der Waals surface area contributed by atoms with Crippen LogP contribution in [0.25, 0.3) is 11.1 Å². The lowest BCUT2D eigenvalue weighted by molar-refractivity contribution is -0.171. The number of hydrogen-bond acceptors (Lipinski definition) is 5. The summed E-state index contributed by atoms with van der Waals surface area (Å²) < 4.78 is 33.0. The fourth-order valence-electron chi connectivity index (χ4n) is 5.54. The summed E-state index contributed by atoms with van der Waals surface area (Å²) in [5.41, 5.74) is 4.55. The maximum atomic E-state index is 13.8. The molecule has 3 aromatic rings. The number of benzene rings is 3. The van der Waals surface area contributed by atoms with Crippen molar-refractivity contribution in [3.63, 3.8) is 0 Å². The van der Waals surface area contributed by atoms with Gasteiger partial charge in [-0.3, -0.25) is 4.79 Å². The maximum Gasteiger partial charge on any atom is 0.345 e. The van der Waals surface area contributed by atoms with Crippen LogP contribution in [0.1, 0.15) is 86.0 Å². The summed E-state index contributed by atoms with van der Waals surface area (Å²) in [7, 11) is 0. The summed E-state index contributed by atoms with van der Waals surface area (Å²) in [6.07, 6.45) is 3.38. The van der Waals surface area contributed by atoms with E-state index in [2.05, 4.69) is 13.0 Å². The van der Waals surface area contributed by atoms with E-state index in [1.807, 2.05) is 39.0 Å². The SMILES string of the molecule is CCCCCc1cc2c(c3c1C(=O)OC(CC(C)=O)(c1ccc(F)cc1)O3)-c1cc(C)ccc1C(C)(C)O2. The minimum atomic E-state index is -1.73. The molecule has 2 heterocycles. The van der Waals surface area contributed by atoms with Crippen molar-refractivity contribution in [3.8, 4) is 22.6 Å². The number of cyclic esters (lactones) is 1. The first-order valence-electron chi connectivity index (χ1n) is 13.2. The maximum absolute atomic E-state index is 13.8. The van der Waals surface area contributed by atoms with E-state index in [1.54, 1.807) is 0 Å². The first-order chi connectivity index (χ1) is 18.0. The second-order valence-corrected chi connectivity index (χ2v) is 10.9. The summed E-state index contributed by atoms with van der Waals surface area (Å²) in [4.78, 5) is 26.3. The van der Waals surface area contributed by atoms with Gasteiger partial charge in [-0.2, -0.15) is 0 Å². The lowest BCUT2D eigenvalue weighted by Gasteiger charge is -2.42. The minimum Gasteiger partial charge on any atom is -0.482 e. The van der Waals surface area contributed by atoms with Crippen LogP contribution in [-0.2, 0) is 27.3 Å². The highest BCUT2D eigenvalue weighted by Gasteiger charge is 2.49. The summed E-state index contributed by atoms with van der Waals surface area (Å²) in [6, 6.07) is 13.6. The van der Waals surface area contributed by atoms with Crippen LogP contribution in [-0.4, -0.2) is 11.8 Å². The van der Waals surface area contributed by atoms with E-state index in [0.29, 0.717) is 34.6 Å². The Morgan fingerprint density at radius 1 is 0.947 bits per heavy atom. The molecule has 1 unspecified atom stereocenters. The number of aryl methyl sites for hydroxylation is 2. The molecule has 0 spiro atoms. The number of ketones is 1. The van der Waals surface area contributed by atoms with Gasteiger partial charge in [-0.1, -0.05) is 43.5 Å². The van der Waals surface area contributed by atoms with E-state index < -0.39 is 23.2 Å². The number of Topliss-reactive ketones (excluding diaryl/α,β-unsaturated/α-hetero) is 1. The highest BCUT2D eigenvalue weighted by Crippen LogP contribution is 2.55. The summed E-state index contributed by atoms with van der Waals surface area (Å²) in [5.74, 6) is -1.99. The van der Waals surface area contributed by atoms with Gasteiger partial charge in [-0.05, 0) is 82.0 Å². The molecule has 0 aliphatic carbocycles. The van der Waals surface area contributed by atoms with Gasteiger partial charge >= 0.3 is 5.97 Å². The Hall–Kier alpha value is -3.67. The molecular weight excluding hydrogens is 483 g/mol. The standard InChI is InChI=1S/C32H33FO5/c1-6-7-8-9-21-17-26-28(24-16-19(2)10-15-25(24)31(4,5)36-26)29-27(21)30(35)38-32(37-29,18-20(3)34)22-11-13-23(33)14-12-22/h10-17H,6-9,18H2,1-5H3. The fourth-order valence-corrected chi connectivity index (χ4v) is 5.54. The van der Waals surface area contributed by atoms with Gasteiger partial charge in [-0.25, -0.2) is 9.18 Å². The monoisotopic (exact) mass is 516 g/mol. The van der Waals surface area contributed by atoms with E-state index in [-0.39, 0.29) is 12.2 Å². The molecule has 2 aliphatic heterocycles. The Morgan fingerprint density at radius 2 is 1.68 bits per heavy atom. The molecule has 38 heavy (non-hydrogen) atoms. The molecule has 6 heteroatoms. The van der Waals surface area contributed by atoms with Crippen molar-refractivity contribution in [2.75, 3.05) is 0 Å². The summed E-state index contributed by atoms with van der Waals surface area (Å²) in [6.45, 7) is 9.60. The van der Waals surface area contributed by atoms with Crippen LogP contribution in [0.15, 0.2) is 48.5 Å². The van der Waals surface area contributed by atoms with E-state index in [9.17, 15) is 14.0 Å². The number of carbonyl (C=O) groups excluding carboxylic acids is 2. The van der Waals surface area contributed by atoms with Crippen LogP contribution in [0.3, 0.4) is 0 Å². The molecule has 0 bridgehead atoms. The Morgan fingerprint density at radius 3 is 2.37 bits per heavy atom. The smallest absolute Gasteiger partial charge is 0.345 e. The van der Waals surface area contributed by atoms with Crippen molar-refractivity contribution in [1.82, 2.24) is 0 Å². The number of unbranched alkanes of at least 4 members (excludes halogenated alkanes) is 2. The molecule has 0 fully saturated rings. The van der Waals surface area contributed by atoms with Gasteiger partial charge in [0.25, 0.3) is 5.79 Å². The van der Waals surface area contributed by atoms with E-state index in [1.165, 1.54) is 31.2 Å².